The lowest BCUT2D eigenvalue weighted by Gasteiger charge is -2.26. The molecule has 2 fully saturated rings. The lowest BCUT2D eigenvalue weighted by atomic mass is 10.1. The number of morpholine rings is 1. The van der Waals surface area contributed by atoms with E-state index in [1.807, 2.05) is 0 Å². The lowest BCUT2D eigenvalue weighted by Crippen LogP contribution is -2.44. The van der Waals surface area contributed by atoms with Crippen LogP contribution in [0.25, 0.3) is 0 Å². The van der Waals surface area contributed by atoms with Gasteiger partial charge < -0.3 is 14.8 Å². The predicted molar refractivity (Wildman–Crippen MR) is 46.3 cm³/mol. The molecule has 74 valence electrons. The zero-order valence-corrected chi connectivity index (χ0v) is 7.79. The van der Waals surface area contributed by atoms with E-state index in [-0.39, 0.29) is 18.0 Å². The fourth-order valence-electron chi connectivity index (χ4n) is 2.21. The van der Waals surface area contributed by atoms with Crippen LogP contribution in [0.2, 0.25) is 0 Å². The molecule has 2 aliphatic rings. The summed E-state index contributed by atoms with van der Waals surface area (Å²) < 4.78 is 10.3. The molecular weight excluding hydrogens is 170 g/mol. The van der Waals surface area contributed by atoms with Crippen molar-refractivity contribution in [2.75, 3.05) is 20.3 Å². The van der Waals surface area contributed by atoms with E-state index in [0.29, 0.717) is 6.04 Å². The Kier molecular flexibility index (Phi) is 2.51. The first-order valence-corrected chi connectivity index (χ1v) is 4.74. The molecule has 1 heterocycles. The van der Waals surface area contributed by atoms with Crippen molar-refractivity contribution in [1.82, 2.24) is 5.32 Å². The number of esters is 1. The van der Waals surface area contributed by atoms with Crippen molar-refractivity contribution >= 4 is 5.97 Å². The minimum atomic E-state index is -0.0974. The van der Waals surface area contributed by atoms with Crippen molar-refractivity contribution < 1.29 is 14.3 Å². The highest BCUT2D eigenvalue weighted by Crippen LogP contribution is 2.30. The summed E-state index contributed by atoms with van der Waals surface area (Å²) in [6.45, 7) is 1.66. The van der Waals surface area contributed by atoms with Gasteiger partial charge in [-0.2, -0.15) is 0 Å². The maximum Gasteiger partial charge on any atom is 0.308 e. The monoisotopic (exact) mass is 185 g/mol. The molecule has 4 heteroatoms. The Bertz CT molecular complexity index is 193. The average molecular weight is 185 g/mol. The number of ether oxygens (including phenoxy) is 2. The molecule has 1 unspecified atom stereocenters. The van der Waals surface area contributed by atoms with Crippen LogP contribution >= 0.6 is 0 Å². The number of carbonyl (C=O) groups is 1. The van der Waals surface area contributed by atoms with E-state index in [1.54, 1.807) is 0 Å². The third kappa shape index (κ3) is 1.69. The van der Waals surface area contributed by atoms with Crippen LogP contribution in [-0.4, -0.2) is 38.4 Å². The van der Waals surface area contributed by atoms with Crippen molar-refractivity contribution in [3.8, 4) is 0 Å². The fourth-order valence-corrected chi connectivity index (χ4v) is 2.21. The molecule has 0 radical (unpaired) electrons. The number of fused-ring (bicyclic) bond motifs is 1. The molecule has 1 N–H and O–H groups in total. The van der Waals surface area contributed by atoms with Crippen molar-refractivity contribution in [3.63, 3.8) is 0 Å². The zero-order chi connectivity index (χ0) is 9.26. The Morgan fingerprint density at radius 1 is 1.54 bits per heavy atom. The highest BCUT2D eigenvalue weighted by atomic mass is 16.5. The molecule has 0 aromatic carbocycles. The average Bonchev–Trinajstić information content (AvgIpc) is 2.59. The first-order chi connectivity index (χ1) is 6.31. The lowest BCUT2D eigenvalue weighted by molar-refractivity contribution is -0.145. The standard InChI is InChI=1S/C9H15NO3/c1-12-9(11)6-4-7-8(5-6)13-3-2-10-7/h6-8,10H,2-5H2,1H3/t6?,7-,8+/m1/s1. The van der Waals surface area contributed by atoms with Crippen molar-refractivity contribution in [1.29, 1.82) is 0 Å². The normalized spacial score (nSPS) is 38.4. The van der Waals surface area contributed by atoms with Gasteiger partial charge in [0.15, 0.2) is 0 Å². The summed E-state index contributed by atoms with van der Waals surface area (Å²) in [7, 11) is 1.44. The van der Waals surface area contributed by atoms with Gasteiger partial charge in [0.2, 0.25) is 0 Å². The Hall–Kier alpha value is -0.610. The Balaban J connectivity index is 1.94. The minimum absolute atomic E-state index is 0.0330. The first-order valence-electron chi connectivity index (χ1n) is 4.74. The number of hydrogen-bond acceptors (Lipinski definition) is 4. The van der Waals surface area contributed by atoms with Crippen molar-refractivity contribution in [2.45, 2.75) is 25.0 Å². The Labute approximate surface area is 77.6 Å². The molecule has 3 atom stereocenters. The number of carbonyl (C=O) groups excluding carboxylic acids is 1. The van der Waals surface area contributed by atoms with Gasteiger partial charge in [-0.15, -0.1) is 0 Å². The Morgan fingerprint density at radius 2 is 2.38 bits per heavy atom. The summed E-state index contributed by atoms with van der Waals surface area (Å²) in [5, 5.41) is 3.36. The number of rotatable bonds is 1. The van der Waals surface area contributed by atoms with Gasteiger partial charge in [0.1, 0.15) is 0 Å². The van der Waals surface area contributed by atoms with E-state index in [0.717, 1.165) is 26.0 Å². The molecule has 0 aromatic heterocycles. The van der Waals surface area contributed by atoms with Gasteiger partial charge in [-0.3, -0.25) is 4.79 Å². The van der Waals surface area contributed by atoms with Gasteiger partial charge in [0, 0.05) is 12.6 Å². The maximum absolute atomic E-state index is 11.3. The summed E-state index contributed by atoms with van der Waals surface area (Å²) in [4.78, 5) is 11.3. The molecule has 1 aliphatic carbocycles. The molecule has 0 bridgehead atoms. The van der Waals surface area contributed by atoms with E-state index in [9.17, 15) is 4.79 Å². The molecule has 0 spiro atoms. The molecule has 1 saturated carbocycles. The first kappa shape index (κ1) is 8.97. The molecule has 0 amide bonds. The van der Waals surface area contributed by atoms with E-state index >= 15 is 0 Å². The van der Waals surface area contributed by atoms with Gasteiger partial charge in [-0.05, 0) is 12.8 Å². The van der Waals surface area contributed by atoms with Gasteiger partial charge in [-0.1, -0.05) is 0 Å². The summed E-state index contributed by atoms with van der Waals surface area (Å²) in [5.41, 5.74) is 0. The molecule has 1 saturated heterocycles. The third-order valence-corrected chi connectivity index (χ3v) is 2.88. The second kappa shape index (κ2) is 3.64. The number of hydrogen-bond donors (Lipinski definition) is 1. The summed E-state index contributed by atoms with van der Waals surface area (Å²) in [6.07, 6.45) is 1.89. The van der Waals surface area contributed by atoms with Crippen LogP contribution in [0.15, 0.2) is 0 Å². The fraction of sp³-hybridized carbons (Fsp3) is 0.889. The molecule has 4 nitrogen and oxygen atoms in total. The largest absolute Gasteiger partial charge is 0.469 e. The quantitative estimate of drug-likeness (QED) is 0.581. The Morgan fingerprint density at radius 3 is 3.08 bits per heavy atom. The minimum Gasteiger partial charge on any atom is -0.469 e. The smallest absolute Gasteiger partial charge is 0.308 e. The van der Waals surface area contributed by atoms with Crippen LogP contribution in [0.4, 0.5) is 0 Å². The topological polar surface area (TPSA) is 47.6 Å². The second-order valence-corrected chi connectivity index (χ2v) is 3.66. The molecule has 13 heavy (non-hydrogen) atoms. The van der Waals surface area contributed by atoms with Gasteiger partial charge in [-0.25, -0.2) is 0 Å². The van der Waals surface area contributed by atoms with E-state index in [4.69, 9.17) is 9.47 Å². The maximum atomic E-state index is 11.3. The van der Waals surface area contributed by atoms with Gasteiger partial charge in [0.05, 0.1) is 25.7 Å². The van der Waals surface area contributed by atoms with Crippen LogP contribution < -0.4 is 5.32 Å². The molecule has 0 aromatic rings. The SMILES string of the molecule is COC(=O)C1C[C@@H]2OCCN[C@@H]2C1. The summed E-state index contributed by atoms with van der Waals surface area (Å²) in [5.74, 6) is -0.0644. The van der Waals surface area contributed by atoms with E-state index in [2.05, 4.69) is 5.32 Å². The summed E-state index contributed by atoms with van der Waals surface area (Å²) >= 11 is 0. The highest BCUT2D eigenvalue weighted by molar-refractivity contribution is 5.72. The van der Waals surface area contributed by atoms with Crippen LogP contribution in [0, 0.1) is 5.92 Å². The predicted octanol–water partition coefficient (Wildman–Crippen LogP) is -0.0736. The van der Waals surface area contributed by atoms with Crippen LogP contribution in [0.5, 0.6) is 0 Å². The molecule has 2 rings (SSSR count). The van der Waals surface area contributed by atoms with Crippen LogP contribution in [-0.2, 0) is 14.3 Å². The molecular formula is C9H15NO3. The van der Waals surface area contributed by atoms with Gasteiger partial charge in [0.25, 0.3) is 0 Å². The van der Waals surface area contributed by atoms with Crippen molar-refractivity contribution in [2.24, 2.45) is 5.92 Å². The number of methoxy groups -OCH3 is 1. The summed E-state index contributed by atoms with van der Waals surface area (Å²) in [6, 6.07) is 0.359. The molecule has 1 aliphatic heterocycles. The number of nitrogens with one attached hydrogen (secondary N) is 1. The highest BCUT2D eigenvalue weighted by Gasteiger charge is 2.40. The van der Waals surface area contributed by atoms with Crippen molar-refractivity contribution in [3.05, 3.63) is 0 Å². The third-order valence-electron chi connectivity index (χ3n) is 2.88. The van der Waals surface area contributed by atoms with Gasteiger partial charge >= 0.3 is 5.97 Å². The van der Waals surface area contributed by atoms with Crippen LogP contribution in [0.3, 0.4) is 0 Å². The van der Waals surface area contributed by atoms with E-state index in [1.165, 1.54) is 7.11 Å². The second-order valence-electron chi connectivity index (χ2n) is 3.66. The van der Waals surface area contributed by atoms with Crippen LogP contribution in [0.1, 0.15) is 12.8 Å². The van der Waals surface area contributed by atoms with E-state index < -0.39 is 0 Å². The zero-order valence-electron chi connectivity index (χ0n) is 7.79.